The quantitative estimate of drug-likeness (QED) is 0.277. The second kappa shape index (κ2) is 11.2. The second-order valence-corrected chi connectivity index (χ2v) is 7.74. The number of halogens is 1. The van der Waals surface area contributed by atoms with Gasteiger partial charge in [-0.25, -0.2) is 19.5 Å². The van der Waals surface area contributed by atoms with Crippen LogP contribution in [0.3, 0.4) is 0 Å². The number of carbonyl (C=O) groups excluding carboxylic acids is 3. The van der Waals surface area contributed by atoms with E-state index in [0.29, 0.717) is 11.3 Å². The topological polar surface area (TPSA) is 115 Å². The van der Waals surface area contributed by atoms with Crippen molar-refractivity contribution in [2.45, 2.75) is 12.5 Å². The number of nitrogens with zero attached hydrogens (tertiary/aromatic N) is 3. The van der Waals surface area contributed by atoms with Crippen LogP contribution < -0.4 is 10.8 Å². The maximum atomic E-state index is 13.3. The number of carbonyl (C=O) groups is 3. The standard InChI is InChI=1S/C26H22FN5O4/c1-36-31-26(35)23(33)22(16-17-9-11-19(27)12-10-17)29-25(34)20-8-5-14-28-24(20)32-15-13-21(30-32)18-6-3-2-4-7-18/h2-15,22H,16H2,1H3,(H,29,34)(H,31,35). The Morgan fingerprint density at radius 1 is 1.00 bits per heavy atom. The van der Waals surface area contributed by atoms with Gasteiger partial charge in [0.1, 0.15) is 11.9 Å². The van der Waals surface area contributed by atoms with Gasteiger partial charge in [-0.15, -0.1) is 0 Å². The number of pyridine rings is 1. The van der Waals surface area contributed by atoms with Crippen molar-refractivity contribution in [2.75, 3.05) is 7.11 Å². The van der Waals surface area contributed by atoms with Crippen LogP contribution in [0.15, 0.2) is 85.2 Å². The summed E-state index contributed by atoms with van der Waals surface area (Å²) in [5, 5.41) is 7.13. The molecule has 2 heterocycles. The van der Waals surface area contributed by atoms with Crippen LogP contribution in [0.2, 0.25) is 0 Å². The summed E-state index contributed by atoms with van der Waals surface area (Å²) in [7, 11) is 1.19. The predicted molar refractivity (Wildman–Crippen MR) is 128 cm³/mol. The van der Waals surface area contributed by atoms with Crippen molar-refractivity contribution in [3.05, 3.63) is 102 Å². The van der Waals surface area contributed by atoms with Gasteiger partial charge in [-0.05, 0) is 35.9 Å². The van der Waals surface area contributed by atoms with Gasteiger partial charge in [0, 0.05) is 24.4 Å². The van der Waals surface area contributed by atoms with E-state index >= 15 is 0 Å². The molecule has 0 aliphatic heterocycles. The highest BCUT2D eigenvalue weighted by atomic mass is 19.1. The van der Waals surface area contributed by atoms with Gasteiger partial charge in [0.05, 0.1) is 18.4 Å². The summed E-state index contributed by atoms with van der Waals surface area (Å²) in [6.45, 7) is 0. The van der Waals surface area contributed by atoms with E-state index in [4.69, 9.17) is 0 Å². The van der Waals surface area contributed by atoms with Crippen LogP contribution >= 0.6 is 0 Å². The smallest absolute Gasteiger partial charge is 0.313 e. The van der Waals surface area contributed by atoms with Crippen LogP contribution in [0, 0.1) is 5.82 Å². The molecule has 0 radical (unpaired) electrons. The van der Waals surface area contributed by atoms with E-state index in [-0.39, 0.29) is 17.8 Å². The average molecular weight is 487 g/mol. The van der Waals surface area contributed by atoms with Gasteiger partial charge in [0.15, 0.2) is 5.82 Å². The molecule has 0 aliphatic carbocycles. The average Bonchev–Trinajstić information content (AvgIpc) is 3.40. The molecular weight excluding hydrogens is 465 g/mol. The van der Waals surface area contributed by atoms with Crippen molar-refractivity contribution in [2.24, 2.45) is 0 Å². The summed E-state index contributed by atoms with van der Waals surface area (Å²) in [5.74, 6) is -2.80. The first kappa shape index (κ1) is 24.4. The number of nitrogens with one attached hydrogen (secondary N) is 2. The summed E-state index contributed by atoms with van der Waals surface area (Å²) in [4.78, 5) is 47.1. The highest BCUT2D eigenvalue weighted by molar-refractivity contribution is 6.38. The minimum atomic E-state index is -1.25. The first-order valence-corrected chi connectivity index (χ1v) is 10.9. The molecule has 0 spiro atoms. The van der Waals surface area contributed by atoms with E-state index in [1.807, 2.05) is 35.8 Å². The largest absolute Gasteiger partial charge is 0.341 e. The molecule has 1 atom stereocenters. The zero-order valence-electron chi connectivity index (χ0n) is 19.2. The van der Waals surface area contributed by atoms with Gasteiger partial charge >= 0.3 is 5.91 Å². The molecule has 1 unspecified atom stereocenters. The number of ketones is 1. The zero-order chi connectivity index (χ0) is 25.5. The van der Waals surface area contributed by atoms with E-state index in [2.05, 4.69) is 20.2 Å². The molecule has 0 saturated heterocycles. The highest BCUT2D eigenvalue weighted by Crippen LogP contribution is 2.19. The normalized spacial score (nSPS) is 11.5. The summed E-state index contributed by atoms with van der Waals surface area (Å²) < 4.78 is 14.8. The van der Waals surface area contributed by atoms with Crippen LogP contribution in [0.4, 0.5) is 4.39 Å². The van der Waals surface area contributed by atoms with Gasteiger partial charge in [-0.2, -0.15) is 5.10 Å². The SMILES string of the molecule is CONC(=O)C(=O)C(Cc1ccc(F)cc1)NC(=O)c1cccnc1-n1ccc(-c2ccccc2)n1. The number of Topliss-reactive ketones (excluding diaryl/α,β-unsaturated/α-hetero) is 1. The summed E-state index contributed by atoms with van der Waals surface area (Å²) in [6, 6.07) is 18.6. The fraction of sp³-hybridized carbons (Fsp3) is 0.115. The Hall–Kier alpha value is -4.70. The first-order chi connectivity index (χ1) is 17.5. The Morgan fingerprint density at radius 2 is 1.75 bits per heavy atom. The number of rotatable bonds is 9. The number of hydroxylamine groups is 1. The number of hydrogen-bond donors (Lipinski definition) is 2. The Bertz CT molecular complexity index is 1370. The molecule has 0 bridgehead atoms. The van der Waals surface area contributed by atoms with E-state index in [9.17, 15) is 18.8 Å². The molecule has 4 aromatic rings. The predicted octanol–water partition coefficient (Wildman–Crippen LogP) is 2.66. The summed E-state index contributed by atoms with van der Waals surface area (Å²) >= 11 is 0. The van der Waals surface area contributed by atoms with Crippen LogP contribution in [0.1, 0.15) is 15.9 Å². The van der Waals surface area contributed by atoms with Crippen molar-refractivity contribution in [1.82, 2.24) is 25.6 Å². The minimum absolute atomic E-state index is 0.0441. The molecule has 36 heavy (non-hydrogen) atoms. The van der Waals surface area contributed by atoms with E-state index in [1.165, 1.54) is 48.3 Å². The third-order valence-corrected chi connectivity index (χ3v) is 5.30. The van der Waals surface area contributed by atoms with Gasteiger partial charge in [-0.3, -0.25) is 19.2 Å². The Morgan fingerprint density at radius 3 is 2.47 bits per heavy atom. The van der Waals surface area contributed by atoms with Gasteiger partial charge in [-0.1, -0.05) is 42.5 Å². The fourth-order valence-electron chi connectivity index (χ4n) is 3.56. The lowest BCUT2D eigenvalue weighted by atomic mass is 10.0. The Labute approximate surface area is 205 Å². The van der Waals surface area contributed by atoms with Crippen molar-refractivity contribution >= 4 is 17.6 Å². The monoisotopic (exact) mass is 487 g/mol. The molecular formula is C26H22FN5O4. The molecule has 10 heteroatoms. The third-order valence-electron chi connectivity index (χ3n) is 5.30. The Balaban J connectivity index is 1.61. The van der Waals surface area contributed by atoms with Gasteiger partial charge in [0.2, 0.25) is 5.78 Å². The number of aromatic nitrogens is 3. The molecule has 2 aromatic carbocycles. The summed E-state index contributed by atoms with van der Waals surface area (Å²) in [5.41, 5.74) is 4.24. The maximum Gasteiger partial charge on any atom is 0.313 e. The molecule has 2 aromatic heterocycles. The van der Waals surface area contributed by atoms with Crippen LogP contribution in [0.5, 0.6) is 0 Å². The molecule has 0 saturated carbocycles. The molecule has 2 amide bonds. The Kier molecular flexibility index (Phi) is 7.57. The first-order valence-electron chi connectivity index (χ1n) is 10.9. The maximum absolute atomic E-state index is 13.3. The lowest BCUT2D eigenvalue weighted by Crippen LogP contribution is -2.48. The van der Waals surface area contributed by atoms with E-state index < -0.39 is 29.5 Å². The second-order valence-electron chi connectivity index (χ2n) is 7.74. The van der Waals surface area contributed by atoms with Crippen LogP contribution in [0.25, 0.3) is 17.1 Å². The lowest BCUT2D eigenvalue weighted by molar-refractivity contribution is -0.145. The van der Waals surface area contributed by atoms with Gasteiger partial charge < -0.3 is 5.32 Å². The van der Waals surface area contributed by atoms with Crippen LogP contribution in [-0.2, 0) is 20.8 Å². The molecule has 9 nitrogen and oxygen atoms in total. The number of hydrogen-bond acceptors (Lipinski definition) is 6. The van der Waals surface area contributed by atoms with E-state index in [0.717, 1.165) is 5.56 Å². The van der Waals surface area contributed by atoms with Crippen LogP contribution in [-0.4, -0.2) is 45.5 Å². The van der Waals surface area contributed by atoms with Crippen molar-refractivity contribution in [3.63, 3.8) is 0 Å². The molecule has 182 valence electrons. The minimum Gasteiger partial charge on any atom is -0.341 e. The van der Waals surface area contributed by atoms with E-state index in [1.54, 1.807) is 18.3 Å². The summed E-state index contributed by atoms with van der Waals surface area (Å²) in [6.07, 6.45) is 3.15. The molecule has 0 fully saturated rings. The van der Waals surface area contributed by atoms with Crippen molar-refractivity contribution in [1.29, 1.82) is 0 Å². The molecule has 4 rings (SSSR count). The van der Waals surface area contributed by atoms with Crippen molar-refractivity contribution < 1.29 is 23.6 Å². The zero-order valence-corrected chi connectivity index (χ0v) is 19.2. The number of amides is 2. The molecule has 2 N–H and O–H groups in total. The third kappa shape index (κ3) is 5.68. The fourth-order valence-corrected chi connectivity index (χ4v) is 3.56. The van der Waals surface area contributed by atoms with Crippen molar-refractivity contribution in [3.8, 4) is 17.1 Å². The number of benzene rings is 2. The lowest BCUT2D eigenvalue weighted by Gasteiger charge is -2.18. The highest BCUT2D eigenvalue weighted by Gasteiger charge is 2.29. The molecule has 0 aliphatic rings. The van der Waals surface area contributed by atoms with Gasteiger partial charge in [0.25, 0.3) is 5.91 Å².